The van der Waals surface area contributed by atoms with E-state index in [1.165, 1.54) is 35.0 Å². The molecule has 2 N–H and O–H groups in total. The number of benzene rings is 2. The third kappa shape index (κ3) is 5.01. The van der Waals surface area contributed by atoms with Crippen molar-refractivity contribution < 1.29 is 14.0 Å². The number of nitrogens with one attached hydrogen (secondary N) is 2. The van der Waals surface area contributed by atoms with E-state index in [4.69, 9.17) is 23.2 Å². The fourth-order valence-corrected chi connectivity index (χ4v) is 2.84. The Kier molecular flexibility index (Phi) is 6.31. The van der Waals surface area contributed by atoms with Gasteiger partial charge in [0.25, 0.3) is 17.4 Å². The van der Waals surface area contributed by atoms with Crippen LogP contribution in [0.25, 0.3) is 0 Å². The van der Waals surface area contributed by atoms with Gasteiger partial charge >= 0.3 is 0 Å². The Morgan fingerprint density at radius 2 is 1.62 bits per heavy atom. The number of hydrazine groups is 1. The second kappa shape index (κ2) is 8.89. The molecule has 148 valence electrons. The van der Waals surface area contributed by atoms with Crippen LogP contribution in [0.15, 0.2) is 65.6 Å². The lowest BCUT2D eigenvalue weighted by Crippen LogP contribution is -2.44. The summed E-state index contributed by atoms with van der Waals surface area (Å²) in [5.41, 5.74) is 4.53. The first-order valence-electron chi connectivity index (χ1n) is 8.35. The molecule has 0 bridgehead atoms. The van der Waals surface area contributed by atoms with Crippen molar-refractivity contribution in [3.63, 3.8) is 0 Å². The Balaban J connectivity index is 1.71. The molecule has 9 heteroatoms. The smallest absolute Gasteiger partial charge is 0.275 e. The van der Waals surface area contributed by atoms with E-state index in [0.29, 0.717) is 10.0 Å². The molecule has 0 aliphatic heterocycles. The lowest BCUT2D eigenvalue weighted by atomic mass is 10.2. The van der Waals surface area contributed by atoms with E-state index in [1.807, 2.05) is 0 Å². The maximum Gasteiger partial charge on any atom is 0.275 e. The summed E-state index contributed by atoms with van der Waals surface area (Å²) in [4.78, 5) is 36.9. The number of rotatable bonds is 4. The van der Waals surface area contributed by atoms with Gasteiger partial charge in [-0.15, -0.1) is 0 Å². The van der Waals surface area contributed by atoms with Crippen molar-refractivity contribution in [2.24, 2.45) is 0 Å². The monoisotopic (exact) mass is 433 g/mol. The molecule has 1 heterocycles. The number of carbonyl (C=O) groups is 2. The zero-order valence-corrected chi connectivity index (χ0v) is 16.3. The molecule has 0 spiro atoms. The second-order valence-electron chi connectivity index (χ2n) is 6.02. The Morgan fingerprint density at radius 1 is 0.931 bits per heavy atom. The van der Waals surface area contributed by atoms with Crippen LogP contribution in [-0.4, -0.2) is 16.4 Å². The number of hydrogen-bond acceptors (Lipinski definition) is 3. The molecule has 3 aromatic rings. The number of aromatic nitrogens is 1. The molecule has 0 aliphatic rings. The highest BCUT2D eigenvalue weighted by atomic mass is 35.5. The van der Waals surface area contributed by atoms with Crippen LogP contribution in [0.4, 0.5) is 4.39 Å². The van der Waals surface area contributed by atoms with Gasteiger partial charge in [-0.3, -0.25) is 25.2 Å². The summed E-state index contributed by atoms with van der Waals surface area (Å²) < 4.78 is 14.2. The number of pyridine rings is 1. The summed E-state index contributed by atoms with van der Waals surface area (Å²) >= 11 is 11.9. The molecule has 2 amide bonds. The number of carbonyl (C=O) groups excluding carboxylic acids is 2. The predicted octanol–water partition coefficient (Wildman–Crippen LogP) is 3.42. The first-order chi connectivity index (χ1) is 13.8. The zero-order valence-electron chi connectivity index (χ0n) is 14.8. The minimum absolute atomic E-state index is 0.150. The maximum atomic E-state index is 12.9. The first kappa shape index (κ1) is 20.6. The summed E-state index contributed by atoms with van der Waals surface area (Å²) in [6, 6.07) is 12.6. The van der Waals surface area contributed by atoms with Crippen molar-refractivity contribution in [2.75, 3.05) is 0 Å². The van der Waals surface area contributed by atoms with Gasteiger partial charge in [-0.1, -0.05) is 29.3 Å². The van der Waals surface area contributed by atoms with Crippen LogP contribution in [0, 0.1) is 5.82 Å². The molecule has 0 unspecified atom stereocenters. The largest absolute Gasteiger partial charge is 0.310 e. The Bertz CT molecular complexity index is 1130. The van der Waals surface area contributed by atoms with Gasteiger partial charge in [-0.25, -0.2) is 4.39 Å². The normalized spacial score (nSPS) is 10.4. The average molecular weight is 434 g/mol. The van der Waals surface area contributed by atoms with E-state index in [1.54, 1.807) is 18.2 Å². The third-order valence-electron chi connectivity index (χ3n) is 4.00. The van der Waals surface area contributed by atoms with Gasteiger partial charge in [0.2, 0.25) is 0 Å². The van der Waals surface area contributed by atoms with Crippen molar-refractivity contribution >= 4 is 35.0 Å². The van der Waals surface area contributed by atoms with Crippen molar-refractivity contribution in [1.82, 2.24) is 15.4 Å². The van der Waals surface area contributed by atoms with E-state index in [9.17, 15) is 18.8 Å². The van der Waals surface area contributed by atoms with E-state index < -0.39 is 23.2 Å². The maximum absolute atomic E-state index is 12.9. The quantitative estimate of drug-likeness (QED) is 0.618. The topological polar surface area (TPSA) is 80.2 Å². The molecule has 6 nitrogen and oxygen atoms in total. The molecular weight excluding hydrogens is 420 g/mol. The average Bonchev–Trinajstić information content (AvgIpc) is 2.71. The van der Waals surface area contributed by atoms with Crippen LogP contribution in [-0.2, 0) is 6.54 Å². The third-order valence-corrected chi connectivity index (χ3v) is 4.74. The fourth-order valence-electron chi connectivity index (χ4n) is 2.52. The van der Waals surface area contributed by atoms with Gasteiger partial charge in [0.15, 0.2) is 0 Å². The van der Waals surface area contributed by atoms with Gasteiger partial charge in [-0.05, 0) is 54.1 Å². The number of amides is 2. The molecule has 1 aromatic heterocycles. The fraction of sp³-hybridized carbons (Fsp3) is 0.0500. The molecule has 29 heavy (non-hydrogen) atoms. The molecule has 0 atom stereocenters. The Labute approximate surface area is 174 Å². The van der Waals surface area contributed by atoms with Crippen LogP contribution in [0.5, 0.6) is 0 Å². The number of nitrogens with zero attached hydrogens (tertiary/aromatic N) is 1. The molecule has 2 aromatic carbocycles. The lowest BCUT2D eigenvalue weighted by molar-refractivity contribution is 0.0845. The highest BCUT2D eigenvalue weighted by Gasteiger charge is 2.14. The van der Waals surface area contributed by atoms with Crippen molar-refractivity contribution in [3.05, 3.63) is 104 Å². The Morgan fingerprint density at radius 3 is 2.31 bits per heavy atom. The van der Waals surface area contributed by atoms with Crippen molar-refractivity contribution in [1.29, 1.82) is 0 Å². The predicted molar refractivity (Wildman–Crippen MR) is 108 cm³/mol. The van der Waals surface area contributed by atoms with Gasteiger partial charge in [-0.2, -0.15) is 0 Å². The summed E-state index contributed by atoms with van der Waals surface area (Å²) in [5, 5.41) is 0.752. The van der Waals surface area contributed by atoms with E-state index in [0.717, 1.165) is 17.7 Å². The summed E-state index contributed by atoms with van der Waals surface area (Å²) in [7, 11) is 0. The van der Waals surface area contributed by atoms with E-state index in [2.05, 4.69) is 10.9 Å². The minimum atomic E-state index is -0.783. The van der Waals surface area contributed by atoms with Crippen LogP contribution in [0.3, 0.4) is 0 Å². The molecule has 0 fully saturated rings. The highest BCUT2D eigenvalue weighted by molar-refractivity contribution is 6.42. The van der Waals surface area contributed by atoms with Gasteiger partial charge in [0, 0.05) is 11.8 Å². The van der Waals surface area contributed by atoms with Crippen LogP contribution in [0.2, 0.25) is 10.0 Å². The van der Waals surface area contributed by atoms with E-state index in [-0.39, 0.29) is 17.7 Å². The first-order valence-corrected chi connectivity index (χ1v) is 9.10. The van der Waals surface area contributed by atoms with Gasteiger partial charge < -0.3 is 4.57 Å². The minimum Gasteiger partial charge on any atom is -0.310 e. The van der Waals surface area contributed by atoms with Crippen LogP contribution >= 0.6 is 23.2 Å². The summed E-state index contributed by atoms with van der Waals surface area (Å²) in [5.74, 6) is -1.92. The summed E-state index contributed by atoms with van der Waals surface area (Å²) in [6.07, 6.45) is 1.53. The van der Waals surface area contributed by atoms with Crippen LogP contribution in [0.1, 0.15) is 26.3 Å². The van der Waals surface area contributed by atoms with Crippen molar-refractivity contribution in [3.8, 4) is 0 Å². The summed E-state index contributed by atoms with van der Waals surface area (Å²) in [6.45, 7) is 0.179. The zero-order chi connectivity index (χ0) is 21.0. The van der Waals surface area contributed by atoms with Crippen LogP contribution < -0.4 is 16.4 Å². The molecule has 3 rings (SSSR count). The molecule has 0 aliphatic carbocycles. The molecule has 0 saturated carbocycles. The highest BCUT2D eigenvalue weighted by Crippen LogP contribution is 2.22. The molecule has 0 radical (unpaired) electrons. The number of halogens is 3. The Hall–Kier alpha value is -3.16. The second-order valence-corrected chi connectivity index (χ2v) is 6.83. The standard InChI is InChI=1S/C20H14Cl2FN3O3/c21-16-8-3-12(10-17(16)22)11-26-9-1-2-15(20(26)29)19(28)25-24-18(27)13-4-6-14(23)7-5-13/h1-10H,11H2,(H,24,27)(H,25,28). The van der Waals surface area contributed by atoms with Gasteiger partial charge in [0.1, 0.15) is 11.4 Å². The SMILES string of the molecule is O=C(NNC(=O)c1cccn(Cc2ccc(Cl)c(Cl)c2)c1=O)c1ccc(F)cc1. The molecular formula is C20H14Cl2FN3O3. The number of hydrogen-bond donors (Lipinski definition) is 2. The van der Waals surface area contributed by atoms with Crippen molar-refractivity contribution in [2.45, 2.75) is 6.54 Å². The van der Waals surface area contributed by atoms with E-state index >= 15 is 0 Å². The van der Waals surface area contributed by atoms with Gasteiger partial charge in [0.05, 0.1) is 16.6 Å². The lowest BCUT2D eigenvalue weighted by Gasteiger charge is -2.10. The molecule has 0 saturated heterocycles.